The van der Waals surface area contributed by atoms with Gasteiger partial charge in [0.25, 0.3) is 5.91 Å². The number of primary amides is 1. The molecule has 0 unspecified atom stereocenters. The van der Waals surface area contributed by atoms with Crippen LogP contribution in [0.4, 0.5) is 20.2 Å². The summed E-state index contributed by atoms with van der Waals surface area (Å²) in [6.07, 6.45) is 4.37. The molecule has 32 heavy (non-hydrogen) atoms. The number of nitrogens with two attached hydrogens (primary N) is 3. The van der Waals surface area contributed by atoms with E-state index in [9.17, 15) is 13.6 Å². The standard InChI is InChI=1S/C23H28F2N6O/c24-15-5-7-16(8-6-15)31-21(27)18(22(28)32)13-29-23(14-26)11-9-17(10-12-23)30-20-4-2-1-3-19(20)25/h1-8,13,17,29-30H,9-12,14,26H2,(H2,27,31)(H2,28,32)/b18-13+. The first kappa shape index (κ1) is 23.2. The van der Waals surface area contributed by atoms with Crippen molar-refractivity contribution in [2.45, 2.75) is 37.3 Å². The van der Waals surface area contributed by atoms with Crippen molar-refractivity contribution in [1.29, 1.82) is 0 Å². The van der Waals surface area contributed by atoms with Gasteiger partial charge in [-0.2, -0.15) is 0 Å². The van der Waals surface area contributed by atoms with E-state index in [0.717, 1.165) is 12.8 Å². The van der Waals surface area contributed by atoms with Crippen LogP contribution in [0.3, 0.4) is 0 Å². The molecule has 0 bridgehead atoms. The Balaban J connectivity index is 1.68. The van der Waals surface area contributed by atoms with Gasteiger partial charge in [-0.05, 0) is 62.1 Å². The molecule has 0 aromatic heterocycles. The number of halogens is 2. The number of carbonyl (C=O) groups is 1. The third-order valence-electron chi connectivity index (χ3n) is 5.71. The zero-order valence-electron chi connectivity index (χ0n) is 17.7. The summed E-state index contributed by atoms with van der Waals surface area (Å²) in [4.78, 5) is 16.1. The van der Waals surface area contributed by atoms with E-state index < -0.39 is 17.3 Å². The van der Waals surface area contributed by atoms with Gasteiger partial charge in [-0.25, -0.2) is 13.8 Å². The number of para-hydroxylation sites is 1. The molecule has 3 rings (SSSR count). The van der Waals surface area contributed by atoms with Crippen LogP contribution >= 0.6 is 0 Å². The van der Waals surface area contributed by atoms with Gasteiger partial charge in [0.1, 0.15) is 17.5 Å². The van der Waals surface area contributed by atoms with Crippen LogP contribution in [-0.4, -0.2) is 29.9 Å². The molecule has 0 radical (unpaired) electrons. The summed E-state index contributed by atoms with van der Waals surface area (Å²) in [6.45, 7) is 0.330. The Hall–Kier alpha value is -3.46. The lowest BCUT2D eigenvalue weighted by atomic mass is 9.79. The fraction of sp³-hybridized carbons (Fsp3) is 0.304. The highest BCUT2D eigenvalue weighted by atomic mass is 19.1. The van der Waals surface area contributed by atoms with E-state index in [1.807, 2.05) is 0 Å². The van der Waals surface area contributed by atoms with Crippen molar-refractivity contribution in [2.24, 2.45) is 22.2 Å². The highest BCUT2D eigenvalue weighted by molar-refractivity contribution is 6.20. The maximum atomic E-state index is 13.9. The van der Waals surface area contributed by atoms with Gasteiger partial charge in [0.2, 0.25) is 0 Å². The van der Waals surface area contributed by atoms with Gasteiger partial charge in [-0.3, -0.25) is 4.79 Å². The number of nitrogens with one attached hydrogen (secondary N) is 2. The minimum atomic E-state index is -0.747. The molecule has 1 amide bonds. The van der Waals surface area contributed by atoms with Crippen LogP contribution in [0, 0.1) is 11.6 Å². The van der Waals surface area contributed by atoms with Crippen molar-refractivity contribution >= 4 is 23.1 Å². The van der Waals surface area contributed by atoms with Crippen LogP contribution < -0.4 is 27.8 Å². The molecular formula is C23H28F2N6O. The number of hydrogen-bond acceptors (Lipinski definition) is 5. The fourth-order valence-corrected chi connectivity index (χ4v) is 3.73. The van der Waals surface area contributed by atoms with Gasteiger partial charge in [0.05, 0.1) is 16.9 Å². The molecule has 9 heteroatoms. The van der Waals surface area contributed by atoms with E-state index in [-0.39, 0.29) is 23.3 Å². The number of aliphatic imine (C=N–C) groups is 1. The van der Waals surface area contributed by atoms with Crippen LogP contribution in [-0.2, 0) is 4.79 Å². The van der Waals surface area contributed by atoms with Crippen molar-refractivity contribution in [1.82, 2.24) is 5.32 Å². The predicted molar refractivity (Wildman–Crippen MR) is 122 cm³/mol. The van der Waals surface area contributed by atoms with E-state index in [1.165, 1.54) is 36.5 Å². The van der Waals surface area contributed by atoms with Gasteiger partial charge in [-0.1, -0.05) is 12.1 Å². The molecule has 0 heterocycles. The van der Waals surface area contributed by atoms with Crippen molar-refractivity contribution < 1.29 is 13.6 Å². The van der Waals surface area contributed by atoms with Crippen molar-refractivity contribution in [3.8, 4) is 0 Å². The number of anilines is 1. The molecule has 8 N–H and O–H groups in total. The molecule has 0 spiro atoms. The summed E-state index contributed by atoms with van der Waals surface area (Å²) in [5, 5.41) is 6.47. The highest BCUT2D eigenvalue weighted by Gasteiger charge is 2.34. The predicted octanol–water partition coefficient (Wildman–Crippen LogP) is 2.66. The highest BCUT2D eigenvalue weighted by Crippen LogP contribution is 2.30. The fourth-order valence-electron chi connectivity index (χ4n) is 3.73. The van der Waals surface area contributed by atoms with Gasteiger partial charge in [0, 0.05) is 24.3 Å². The smallest absolute Gasteiger partial charge is 0.253 e. The average Bonchev–Trinajstić information content (AvgIpc) is 2.78. The number of hydrogen-bond donors (Lipinski definition) is 5. The van der Waals surface area contributed by atoms with Gasteiger partial charge in [0.15, 0.2) is 0 Å². The number of nitrogens with zero attached hydrogens (tertiary/aromatic N) is 1. The van der Waals surface area contributed by atoms with Gasteiger partial charge < -0.3 is 27.8 Å². The average molecular weight is 443 g/mol. The largest absolute Gasteiger partial charge is 0.383 e. The maximum Gasteiger partial charge on any atom is 0.253 e. The molecule has 2 aromatic rings. The molecule has 0 atom stereocenters. The Bertz CT molecular complexity index is 998. The quantitative estimate of drug-likeness (QED) is 0.244. The molecule has 7 nitrogen and oxygen atoms in total. The lowest BCUT2D eigenvalue weighted by Crippen LogP contribution is -2.53. The second-order valence-electron chi connectivity index (χ2n) is 7.92. The zero-order chi connectivity index (χ0) is 23.1. The Labute approximate surface area is 185 Å². The topological polar surface area (TPSA) is 132 Å². The maximum absolute atomic E-state index is 13.9. The third-order valence-corrected chi connectivity index (χ3v) is 5.71. The van der Waals surface area contributed by atoms with Crippen LogP contribution in [0.2, 0.25) is 0 Å². The van der Waals surface area contributed by atoms with E-state index in [2.05, 4.69) is 15.6 Å². The molecule has 1 aliphatic carbocycles. The number of carbonyl (C=O) groups excluding carboxylic acids is 1. The minimum absolute atomic E-state index is 0.00811. The molecule has 170 valence electrons. The summed E-state index contributed by atoms with van der Waals surface area (Å²) in [5.74, 6) is -1.52. The summed E-state index contributed by atoms with van der Waals surface area (Å²) >= 11 is 0. The normalized spacial score (nSPS) is 21.8. The number of benzene rings is 2. The van der Waals surface area contributed by atoms with Crippen molar-refractivity contribution in [3.05, 3.63) is 71.9 Å². The Morgan fingerprint density at radius 2 is 1.75 bits per heavy atom. The summed E-state index contributed by atoms with van der Waals surface area (Å²) in [5.41, 5.74) is 18.0. The SMILES string of the molecule is NCC1(N/C=C(/C(N)=O)C(N)=Nc2ccc(F)cc2)CCC(Nc2ccccc2F)CC1. The third kappa shape index (κ3) is 5.82. The second-order valence-corrected chi connectivity index (χ2v) is 7.92. The number of amides is 1. The lowest BCUT2D eigenvalue weighted by Gasteiger charge is -2.40. The van der Waals surface area contributed by atoms with E-state index in [4.69, 9.17) is 17.2 Å². The molecule has 2 aromatic carbocycles. The Morgan fingerprint density at radius 3 is 2.34 bits per heavy atom. The number of rotatable bonds is 8. The molecular weight excluding hydrogens is 414 g/mol. The van der Waals surface area contributed by atoms with Crippen molar-refractivity contribution in [3.63, 3.8) is 0 Å². The summed E-state index contributed by atoms with van der Waals surface area (Å²) < 4.78 is 27.0. The zero-order valence-corrected chi connectivity index (χ0v) is 17.7. The van der Waals surface area contributed by atoms with E-state index in [1.54, 1.807) is 18.2 Å². The molecule has 1 saturated carbocycles. The first-order valence-corrected chi connectivity index (χ1v) is 10.4. The van der Waals surface area contributed by atoms with E-state index in [0.29, 0.717) is 30.8 Å². The lowest BCUT2D eigenvalue weighted by molar-refractivity contribution is -0.114. The molecule has 0 saturated heterocycles. The van der Waals surface area contributed by atoms with Crippen molar-refractivity contribution in [2.75, 3.05) is 11.9 Å². The van der Waals surface area contributed by atoms with Gasteiger partial charge >= 0.3 is 0 Å². The monoisotopic (exact) mass is 442 g/mol. The van der Waals surface area contributed by atoms with Crippen LogP contribution in [0.15, 0.2) is 65.3 Å². The van der Waals surface area contributed by atoms with Crippen LogP contribution in [0.5, 0.6) is 0 Å². The minimum Gasteiger partial charge on any atom is -0.383 e. The first-order valence-electron chi connectivity index (χ1n) is 10.4. The second kappa shape index (κ2) is 10.2. The summed E-state index contributed by atoms with van der Waals surface area (Å²) in [6, 6.07) is 12.1. The Kier molecular flexibility index (Phi) is 7.42. The van der Waals surface area contributed by atoms with Crippen LogP contribution in [0.25, 0.3) is 0 Å². The van der Waals surface area contributed by atoms with E-state index >= 15 is 0 Å². The molecule has 1 fully saturated rings. The molecule has 0 aliphatic heterocycles. The van der Waals surface area contributed by atoms with Crippen LogP contribution in [0.1, 0.15) is 25.7 Å². The summed E-state index contributed by atoms with van der Waals surface area (Å²) in [7, 11) is 0. The number of amidine groups is 1. The first-order chi connectivity index (χ1) is 15.3. The molecule has 1 aliphatic rings. The van der Waals surface area contributed by atoms with Gasteiger partial charge in [-0.15, -0.1) is 0 Å². The Morgan fingerprint density at radius 1 is 1.09 bits per heavy atom.